The van der Waals surface area contributed by atoms with Gasteiger partial charge in [-0.15, -0.1) is 21.8 Å². The molecule has 2 aromatic rings. The maximum atomic E-state index is 5.67. The van der Waals surface area contributed by atoms with Gasteiger partial charge in [-0.1, -0.05) is 11.3 Å². The third-order valence-corrected chi connectivity index (χ3v) is 4.03. The van der Waals surface area contributed by atoms with Gasteiger partial charge in [0.05, 0.1) is 5.56 Å². The summed E-state index contributed by atoms with van der Waals surface area (Å²) in [7, 11) is 0. The van der Waals surface area contributed by atoms with Crippen molar-refractivity contribution in [3.8, 4) is 10.6 Å². The zero-order valence-corrected chi connectivity index (χ0v) is 11.8. The van der Waals surface area contributed by atoms with Crippen molar-refractivity contribution in [2.75, 3.05) is 5.88 Å². The van der Waals surface area contributed by atoms with Crippen LogP contribution >= 0.6 is 22.9 Å². The maximum Gasteiger partial charge on any atom is 0.151 e. The summed E-state index contributed by atoms with van der Waals surface area (Å²) in [5.41, 5.74) is 2.25. The van der Waals surface area contributed by atoms with E-state index in [0.717, 1.165) is 45.5 Å². The zero-order chi connectivity index (χ0) is 12.4. The lowest BCUT2D eigenvalue weighted by Crippen LogP contribution is -1.84. The molecule has 0 aromatic carbocycles. The van der Waals surface area contributed by atoms with Gasteiger partial charge in [-0.05, 0) is 27.2 Å². The van der Waals surface area contributed by atoms with E-state index < -0.39 is 0 Å². The largest absolute Gasteiger partial charge is 0.466 e. The minimum Gasteiger partial charge on any atom is -0.466 e. The second kappa shape index (κ2) is 5.19. The Hall–Kier alpha value is -0.870. The van der Waals surface area contributed by atoms with Crippen LogP contribution in [0.25, 0.3) is 10.6 Å². The molecule has 0 radical (unpaired) electrons. The Morgan fingerprint density at radius 2 is 1.94 bits per heavy atom. The van der Waals surface area contributed by atoms with E-state index in [1.54, 1.807) is 11.3 Å². The molecule has 0 aliphatic carbocycles. The van der Waals surface area contributed by atoms with Crippen LogP contribution in [0, 0.1) is 20.8 Å². The van der Waals surface area contributed by atoms with E-state index in [0.29, 0.717) is 5.88 Å². The Morgan fingerprint density at radius 3 is 2.53 bits per heavy atom. The van der Waals surface area contributed by atoms with Gasteiger partial charge in [0.25, 0.3) is 0 Å². The number of hydrogen-bond donors (Lipinski definition) is 0. The van der Waals surface area contributed by atoms with Gasteiger partial charge in [0.15, 0.2) is 5.01 Å². The molecule has 2 rings (SSSR count). The summed E-state index contributed by atoms with van der Waals surface area (Å²) in [6, 6.07) is 0. The van der Waals surface area contributed by atoms with Crippen molar-refractivity contribution in [3.63, 3.8) is 0 Å². The van der Waals surface area contributed by atoms with Gasteiger partial charge in [-0.3, -0.25) is 0 Å². The van der Waals surface area contributed by atoms with Crippen molar-refractivity contribution in [2.45, 2.75) is 33.6 Å². The number of aryl methyl sites for hydroxylation is 3. The van der Waals surface area contributed by atoms with Crippen molar-refractivity contribution in [1.82, 2.24) is 10.2 Å². The predicted molar refractivity (Wildman–Crippen MR) is 70.9 cm³/mol. The van der Waals surface area contributed by atoms with E-state index in [4.69, 9.17) is 16.0 Å². The van der Waals surface area contributed by atoms with Gasteiger partial charge in [0.1, 0.15) is 16.5 Å². The molecular formula is C12H15ClN2OS. The van der Waals surface area contributed by atoms with Gasteiger partial charge < -0.3 is 4.42 Å². The van der Waals surface area contributed by atoms with Crippen molar-refractivity contribution in [3.05, 3.63) is 22.1 Å². The molecule has 0 amide bonds. The zero-order valence-electron chi connectivity index (χ0n) is 10.2. The smallest absolute Gasteiger partial charge is 0.151 e. The Labute approximate surface area is 110 Å². The molecule has 0 saturated heterocycles. The first-order valence-corrected chi connectivity index (χ1v) is 6.94. The lowest BCUT2D eigenvalue weighted by molar-refractivity contribution is 0.503. The number of halogens is 1. The fraction of sp³-hybridized carbons (Fsp3) is 0.500. The van der Waals surface area contributed by atoms with E-state index in [1.165, 1.54) is 0 Å². The minimum atomic E-state index is 0.664. The molecular weight excluding hydrogens is 256 g/mol. The Kier molecular flexibility index (Phi) is 3.84. The molecule has 0 aliphatic rings. The van der Waals surface area contributed by atoms with Crippen LogP contribution in [0.4, 0.5) is 0 Å². The van der Waals surface area contributed by atoms with Crippen LogP contribution in [-0.4, -0.2) is 16.1 Å². The van der Waals surface area contributed by atoms with Crippen LogP contribution in [0.1, 0.15) is 28.5 Å². The number of furan rings is 1. The van der Waals surface area contributed by atoms with E-state index in [9.17, 15) is 0 Å². The van der Waals surface area contributed by atoms with Crippen molar-refractivity contribution in [1.29, 1.82) is 0 Å². The van der Waals surface area contributed by atoms with Crippen molar-refractivity contribution in [2.24, 2.45) is 0 Å². The normalized spacial score (nSPS) is 11.1. The first-order valence-electron chi connectivity index (χ1n) is 5.58. The molecule has 0 fully saturated rings. The Morgan fingerprint density at radius 1 is 1.18 bits per heavy atom. The lowest BCUT2D eigenvalue weighted by Gasteiger charge is -1.93. The summed E-state index contributed by atoms with van der Waals surface area (Å²) in [5.74, 6) is 2.53. The lowest BCUT2D eigenvalue weighted by atomic mass is 10.1. The number of rotatable bonds is 4. The molecule has 17 heavy (non-hydrogen) atoms. The molecule has 0 spiro atoms. The molecule has 0 saturated carbocycles. The number of nitrogens with zero attached hydrogens (tertiary/aromatic N) is 2. The summed E-state index contributed by atoms with van der Waals surface area (Å²) in [6.45, 7) is 6.00. The average Bonchev–Trinajstić information content (AvgIpc) is 2.83. The average molecular weight is 271 g/mol. The summed E-state index contributed by atoms with van der Waals surface area (Å²) in [4.78, 5) is 0. The van der Waals surface area contributed by atoms with Crippen LogP contribution in [0.2, 0.25) is 0 Å². The quantitative estimate of drug-likeness (QED) is 0.791. The van der Waals surface area contributed by atoms with Crippen molar-refractivity contribution >= 4 is 22.9 Å². The highest BCUT2D eigenvalue weighted by Gasteiger charge is 2.17. The molecule has 2 aromatic heterocycles. The second-order valence-corrected chi connectivity index (χ2v) is 5.45. The monoisotopic (exact) mass is 270 g/mol. The van der Waals surface area contributed by atoms with Gasteiger partial charge in [-0.25, -0.2) is 0 Å². The number of hydrogen-bond acceptors (Lipinski definition) is 4. The standard InChI is InChI=1S/C12H15ClN2OS/c1-7-8(2)16-9(3)11(7)12-15-14-10(17-12)5-4-6-13/h4-6H2,1-3H3. The highest BCUT2D eigenvalue weighted by Crippen LogP contribution is 2.33. The van der Waals surface area contributed by atoms with E-state index in [-0.39, 0.29) is 0 Å². The van der Waals surface area contributed by atoms with Gasteiger partial charge in [0.2, 0.25) is 0 Å². The third-order valence-electron chi connectivity index (χ3n) is 2.77. The summed E-state index contributed by atoms with van der Waals surface area (Å²) >= 11 is 7.30. The Bertz CT molecular complexity index is 519. The first kappa shape index (κ1) is 12.6. The summed E-state index contributed by atoms with van der Waals surface area (Å²) in [6.07, 6.45) is 1.84. The highest BCUT2D eigenvalue weighted by molar-refractivity contribution is 7.14. The summed E-state index contributed by atoms with van der Waals surface area (Å²) < 4.78 is 5.61. The number of aromatic nitrogens is 2. The first-order chi connectivity index (χ1) is 8.13. The van der Waals surface area contributed by atoms with E-state index >= 15 is 0 Å². The topological polar surface area (TPSA) is 38.9 Å². The fourth-order valence-corrected chi connectivity index (χ4v) is 2.95. The van der Waals surface area contributed by atoms with Crippen LogP contribution in [0.15, 0.2) is 4.42 Å². The SMILES string of the molecule is Cc1oc(C)c(-c2nnc(CCCCl)s2)c1C. The molecule has 3 nitrogen and oxygen atoms in total. The Balaban J connectivity index is 2.30. The van der Waals surface area contributed by atoms with Gasteiger partial charge in [-0.2, -0.15) is 0 Å². The second-order valence-electron chi connectivity index (χ2n) is 4.01. The molecule has 2 heterocycles. The summed E-state index contributed by atoms with van der Waals surface area (Å²) in [5, 5.41) is 10.4. The van der Waals surface area contributed by atoms with Gasteiger partial charge >= 0.3 is 0 Å². The molecule has 0 unspecified atom stereocenters. The molecule has 92 valence electrons. The fourth-order valence-electron chi connectivity index (χ4n) is 1.78. The predicted octanol–water partition coefficient (Wildman–Crippen LogP) is 3.89. The molecule has 0 N–H and O–H groups in total. The molecule has 0 aliphatic heterocycles. The minimum absolute atomic E-state index is 0.664. The molecule has 0 atom stereocenters. The molecule has 0 bridgehead atoms. The van der Waals surface area contributed by atoms with Crippen LogP contribution < -0.4 is 0 Å². The van der Waals surface area contributed by atoms with Crippen LogP contribution in [0.3, 0.4) is 0 Å². The van der Waals surface area contributed by atoms with Crippen molar-refractivity contribution < 1.29 is 4.42 Å². The third kappa shape index (κ3) is 2.53. The highest BCUT2D eigenvalue weighted by atomic mass is 35.5. The van der Waals surface area contributed by atoms with Crippen LogP contribution in [-0.2, 0) is 6.42 Å². The van der Waals surface area contributed by atoms with E-state index in [1.807, 2.05) is 13.8 Å². The number of alkyl halides is 1. The maximum absolute atomic E-state index is 5.67. The molecule has 5 heteroatoms. The van der Waals surface area contributed by atoms with Gasteiger partial charge in [0, 0.05) is 17.9 Å². The van der Waals surface area contributed by atoms with E-state index in [2.05, 4.69) is 17.1 Å². The van der Waals surface area contributed by atoms with Crippen LogP contribution in [0.5, 0.6) is 0 Å².